The summed E-state index contributed by atoms with van der Waals surface area (Å²) in [5, 5.41) is 6.60. The predicted molar refractivity (Wildman–Crippen MR) is 100 cm³/mol. The van der Waals surface area contributed by atoms with E-state index in [-0.39, 0.29) is 24.0 Å². The second kappa shape index (κ2) is 10.7. The van der Waals surface area contributed by atoms with Crippen LogP contribution < -0.4 is 15.4 Å². The molecule has 1 saturated heterocycles. The summed E-state index contributed by atoms with van der Waals surface area (Å²) in [6.07, 6.45) is 2.59. The minimum Gasteiger partial charge on any atom is -0.497 e. The molecule has 2 N–H and O–H groups in total. The Labute approximate surface area is 149 Å². The van der Waals surface area contributed by atoms with Gasteiger partial charge in [-0.25, -0.2) is 4.99 Å². The highest BCUT2D eigenvalue weighted by Gasteiger charge is 2.15. The largest absolute Gasteiger partial charge is 0.497 e. The van der Waals surface area contributed by atoms with Gasteiger partial charge >= 0.3 is 0 Å². The van der Waals surface area contributed by atoms with E-state index >= 15 is 0 Å². The summed E-state index contributed by atoms with van der Waals surface area (Å²) in [6, 6.07) is 7.98. The Kier molecular flexibility index (Phi) is 9.22. The van der Waals surface area contributed by atoms with Gasteiger partial charge in [0.05, 0.1) is 19.8 Å². The van der Waals surface area contributed by atoms with E-state index in [2.05, 4.69) is 28.6 Å². The van der Waals surface area contributed by atoms with E-state index in [4.69, 9.17) is 9.47 Å². The van der Waals surface area contributed by atoms with Gasteiger partial charge in [-0.3, -0.25) is 0 Å². The van der Waals surface area contributed by atoms with Crippen molar-refractivity contribution in [2.24, 2.45) is 4.99 Å². The third-order valence-corrected chi connectivity index (χ3v) is 3.42. The van der Waals surface area contributed by atoms with E-state index < -0.39 is 0 Å². The van der Waals surface area contributed by atoms with Crippen LogP contribution in [0.2, 0.25) is 0 Å². The maximum Gasteiger partial charge on any atom is 0.191 e. The number of rotatable bonds is 6. The Balaban J connectivity index is 0.00000242. The maximum atomic E-state index is 5.61. The van der Waals surface area contributed by atoms with Gasteiger partial charge in [-0.1, -0.05) is 12.1 Å². The molecule has 0 saturated carbocycles. The number of ether oxygens (including phenoxy) is 2. The fourth-order valence-corrected chi connectivity index (χ4v) is 2.30. The number of halogens is 1. The summed E-state index contributed by atoms with van der Waals surface area (Å²) in [5.74, 6) is 1.69. The van der Waals surface area contributed by atoms with Crippen LogP contribution in [0.4, 0.5) is 0 Å². The monoisotopic (exact) mass is 419 g/mol. The Morgan fingerprint density at radius 1 is 1.41 bits per heavy atom. The standard InChI is InChI=1S/C16H25N3O2.HI/c1-3-17-16(19-12-15-8-5-9-21-15)18-11-13-6-4-7-14(10-13)20-2;/h4,6-7,10,15H,3,5,8-9,11-12H2,1-2H3,(H2,17,18,19);1H. The van der Waals surface area contributed by atoms with Crippen LogP contribution in [0.3, 0.4) is 0 Å². The summed E-state index contributed by atoms with van der Waals surface area (Å²) in [4.78, 5) is 4.60. The number of nitrogens with zero attached hydrogens (tertiary/aromatic N) is 1. The molecule has 1 aliphatic rings. The summed E-state index contributed by atoms with van der Waals surface area (Å²) in [7, 11) is 1.68. The van der Waals surface area contributed by atoms with Gasteiger partial charge in [0.25, 0.3) is 0 Å². The van der Waals surface area contributed by atoms with Crippen molar-refractivity contribution in [2.45, 2.75) is 32.4 Å². The lowest BCUT2D eigenvalue weighted by molar-refractivity contribution is 0.114. The maximum absolute atomic E-state index is 5.61. The lowest BCUT2D eigenvalue weighted by Crippen LogP contribution is -2.41. The van der Waals surface area contributed by atoms with Gasteiger partial charge in [0, 0.05) is 19.7 Å². The molecule has 124 valence electrons. The van der Waals surface area contributed by atoms with E-state index in [1.165, 1.54) is 0 Å². The van der Waals surface area contributed by atoms with Crippen LogP contribution in [0, 0.1) is 0 Å². The molecule has 0 amide bonds. The number of aliphatic imine (C=N–C) groups is 1. The topological polar surface area (TPSA) is 54.9 Å². The van der Waals surface area contributed by atoms with E-state index in [0.717, 1.165) is 49.8 Å². The third-order valence-electron chi connectivity index (χ3n) is 3.42. The molecule has 1 heterocycles. The lowest BCUT2D eigenvalue weighted by atomic mass is 10.2. The summed E-state index contributed by atoms with van der Waals surface area (Å²) in [5.41, 5.74) is 1.13. The van der Waals surface area contributed by atoms with Crippen LogP contribution in [0.25, 0.3) is 0 Å². The summed E-state index contributed by atoms with van der Waals surface area (Å²) < 4.78 is 10.8. The van der Waals surface area contributed by atoms with Gasteiger partial charge in [0.15, 0.2) is 5.96 Å². The normalized spacial score (nSPS) is 17.7. The minimum absolute atomic E-state index is 0. The van der Waals surface area contributed by atoms with Crippen molar-refractivity contribution in [1.29, 1.82) is 0 Å². The molecule has 5 nitrogen and oxygen atoms in total. The highest BCUT2D eigenvalue weighted by molar-refractivity contribution is 14.0. The van der Waals surface area contributed by atoms with Gasteiger partial charge in [-0.05, 0) is 37.5 Å². The van der Waals surface area contributed by atoms with Crippen molar-refractivity contribution in [3.63, 3.8) is 0 Å². The Bertz CT molecular complexity index is 462. The third kappa shape index (κ3) is 6.39. The molecule has 1 unspecified atom stereocenters. The summed E-state index contributed by atoms with van der Waals surface area (Å²) >= 11 is 0. The number of hydrogen-bond donors (Lipinski definition) is 2. The highest BCUT2D eigenvalue weighted by atomic mass is 127. The molecule has 0 bridgehead atoms. The van der Waals surface area contributed by atoms with Crippen LogP contribution in [-0.2, 0) is 11.3 Å². The first-order valence-corrected chi connectivity index (χ1v) is 7.58. The van der Waals surface area contributed by atoms with Crippen LogP contribution >= 0.6 is 24.0 Å². The predicted octanol–water partition coefficient (Wildman–Crippen LogP) is 2.55. The first-order chi connectivity index (χ1) is 10.3. The zero-order chi connectivity index (χ0) is 14.9. The number of hydrogen-bond acceptors (Lipinski definition) is 3. The fourth-order valence-electron chi connectivity index (χ4n) is 2.30. The molecule has 0 radical (unpaired) electrons. The van der Waals surface area contributed by atoms with Crippen molar-refractivity contribution in [2.75, 3.05) is 26.8 Å². The molecular weight excluding hydrogens is 393 g/mol. The van der Waals surface area contributed by atoms with Crippen LogP contribution in [0.15, 0.2) is 29.3 Å². The molecule has 1 aromatic carbocycles. The van der Waals surface area contributed by atoms with Gasteiger partial charge in [-0.15, -0.1) is 24.0 Å². The Morgan fingerprint density at radius 2 is 2.27 bits per heavy atom. The molecule has 0 aliphatic carbocycles. The van der Waals surface area contributed by atoms with Crippen LogP contribution in [-0.4, -0.2) is 38.9 Å². The molecule has 1 atom stereocenters. The van der Waals surface area contributed by atoms with E-state index in [1.807, 2.05) is 18.2 Å². The second-order valence-electron chi connectivity index (χ2n) is 5.06. The first-order valence-electron chi connectivity index (χ1n) is 7.58. The van der Waals surface area contributed by atoms with Crippen molar-refractivity contribution in [1.82, 2.24) is 10.6 Å². The average Bonchev–Trinajstić information content (AvgIpc) is 3.03. The number of nitrogens with one attached hydrogen (secondary N) is 2. The molecule has 2 rings (SSSR count). The van der Waals surface area contributed by atoms with Gasteiger partial charge < -0.3 is 20.1 Å². The van der Waals surface area contributed by atoms with Crippen LogP contribution in [0.1, 0.15) is 25.3 Å². The fraction of sp³-hybridized carbons (Fsp3) is 0.562. The smallest absolute Gasteiger partial charge is 0.191 e. The minimum atomic E-state index is 0. The number of guanidine groups is 1. The Morgan fingerprint density at radius 3 is 2.95 bits per heavy atom. The number of methoxy groups -OCH3 is 1. The molecule has 6 heteroatoms. The quantitative estimate of drug-likeness (QED) is 0.423. The summed E-state index contributed by atoms with van der Waals surface area (Å²) in [6.45, 7) is 5.22. The van der Waals surface area contributed by atoms with E-state index in [0.29, 0.717) is 12.6 Å². The molecule has 22 heavy (non-hydrogen) atoms. The van der Waals surface area contributed by atoms with Gasteiger partial charge in [0.1, 0.15) is 5.75 Å². The second-order valence-corrected chi connectivity index (χ2v) is 5.06. The van der Waals surface area contributed by atoms with Crippen molar-refractivity contribution in [3.05, 3.63) is 29.8 Å². The van der Waals surface area contributed by atoms with Gasteiger partial charge in [-0.2, -0.15) is 0 Å². The molecule has 0 aromatic heterocycles. The SMILES string of the molecule is CCNC(=NCc1cccc(OC)c1)NCC1CCCO1.I. The van der Waals surface area contributed by atoms with E-state index in [1.54, 1.807) is 7.11 Å². The van der Waals surface area contributed by atoms with Crippen LogP contribution in [0.5, 0.6) is 5.75 Å². The zero-order valence-electron chi connectivity index (χ0n) is 13.3. The molecule has 0 spiro atoms. The molecular formula is C16H26IN3O2. The molecule has 1 aromatic rings. The lowest BCUT2D eigenvalue weighted by Gasteiger charge is -2.14. The highest BCUT2D eigenvalue weighted by Crippen LogP contribution is 2.13. The van der Waals surface area contributed by atoms with E-state index in [9.17, 15) is 0 Å². The van der Waals surface area contributed by atoms with Crippen molar-refractivity contribution >= 4 is 29.9 Å². The average molecular weight is 419 g/mol. The zero-order valence-corrected chi connectivity index (χ0v) is 15.6. The molecule has 1 fully saturated rings. The van der Waals surface area contributed by atoms with Crippen molar-refractivity contribution in [3.8, 4) is 5.75 Å². The first kappa shape index (κ1) is 19.0. The number of benzene rings is 1. The Hall–Kier alpha value is -1.02. The molecule has 1 aliphatic heterocycles. The van der Waals surface area contributed by atoms with Crippen molar-refractivity contribution < 1.29 is 9.47 Å². The van der Waals surface area contributed by atoms with Gasteiger partial charge in [0.2, 0.25) is 0 Å².